The van der Waals surface area contributed by atoms with E-state index in [4.69, 9.17) is 11.6 Å². The van der Waals surface area contributed by atoms with Gasteiger partial charge in [-0.1, -0.05) is 30.7 Å². The lowest BCUT2D eigenvalue weighted by atomic mass is 10.1. The highest BCUT2D eigenvalue weighted by atomic mass is 35.5. The first kappa shape index (κ1) is 17.0. The molecule has 0 saturated carbocycles. The number of nitrogens with zero attached hydrogens (tertiary/aromatic N) is 3. The summed E-state index contributed by atoms with van der Waals surface area (Å²) in [6.45, 7) is 5.01. The largest absolute Gasteiger partial charge is 0.349 e. The first-order valence-electron chi connectivity index (χ1n) is 8.40. The van der Waals surface area contributed by atoms with Crippen molar-refractivity contribution in [1.82, 2.24) is 20.0 Å². The maximum absolute atomic E-state index is 12.5. The van der Waals surface area contributed by atoms with Gasteiger partial charge in [0.1, 0.15) is 5.69 Å². The summed E-state index contributed by atoms with van der Waals surface area (Å²) in [5.41, 5.74) is 2.22. The molecule has 1 aromatic carbocycles. The van der Waals surface area contributed by atoms with E-state index in [0.717, 1.165) is 30.8 Å². The summed E-state index contributed by atoms with van der Waals surface area (Å²) < 4.78 is 1.62. The molecule has 1 aromatic heterocycles. The normalized spacial score (nSPS) is 18.0. The molecule has 1 aliphatic rings. The maximum Gasteiger partial charge on any atom is 0.269 e. The summed E-state index contributed by atoms with van der Waals surface area (Å²) in [5, 5.41) is 8.15. The summed E-state index contributed by atoms with van der Waals surface area (Å²) in [6.07, 6.45) is 2.35. The molecule has 0 bridgehead atoms. The molecule has 6 heteroatoms. The van der Waals surface area contributed by atoms with E-state index in [2.05, 4.69) is 22.2 Å². The highest BCUT2D eigenvalue weighted by Crippen LogP contribution is 2.22. The fourth-order valence-corrected chi connectivity index (χ4v) is 3.50. The third-order valence-electron chi connectivity index (χ3n) is 4.64. The third-order valence-corrected chi connectivity index (χ3v) is 4.87. The van der Waals surface area contributed by atoms with Crippen LogP contribution in [0.5, 0.6) is 0 Å². The Balaban J connectivity index is 1.69. The summed E-state index contributed by atoms with van der Waals surface area (Å²) in [5.74, 6) is -0.0822. The maximum atomic E-state index is 12.5. The first-order chi connectivity index (χ1) is 11.6. The van der Waals surface area contributed by atoms with Gasteiger partial charge in [-0.3, -0.25) is 14.4 Å². The Morgan fingerprint density at radius 3 is 3.00 bits per heavy atom. The Kier molecular flexibility index (Phi) is 5.21. The van der Waals surface area contributed by atoms with E-state index in [1.165, 1.54) is 6.42 Å². The van der Waals surface area contributed by atoms with Gasteiger partial charge < -0.3 is 5.32 Å². The molecule has 0 spiro atoms. The van der Waals surface area contributed by atoms with E-state index in [9.17, 15) is 4.79 Å². The fourth-order valence-electron chi connectivity index (χ4n) is 3.31. The van der Waals surface area contributed by atoms with Crippen LogP contribution in [0.15, 0.2) is 30.3 Å². The van der Waals surface area contributed by atoms with Crippen molar-refractivity contribution in [2.24, 2.45) is 7.05 Å². The number of halogens is 1. The van der Waals surface area contributed by atoms with Crippen LogP contribution in [-0.4, -0.2) is 46.3 Å². The molecule has 0 radical (unpaired) electrons. The number of nitrogens with one attached hydrogen (secondary N) is 1. The van der Waals surface area contributed by atoms with Crippen molar-refractivity contribution in [1.29, 1.82) is 0 Å². The van der Waals surface area contributed by atoms with Gasteiger partial charge in [0.25, 0.3) is 5.91 Å². The van der Waals surface area contributed by atoms with Gasteiger partial charge in [-0.05, 0) is 44.1 Å². The van der Waals surface area contributed by atoms with Gasteiger partial charge in [0.15, 0.2) is 0 Å². The first-order valence-corrected chi connectivity index (χ1v) is 8.78. The number of amides is 1. The molecule has 128 valence electrons. The Morgan fingerprint density at radius 2 is 2.25 bits per heavy atom. The second-order valence-corrected chi connectivity index (χ2v) is 6.62. The van der Waals surface area contributed by atoms with E-state index in [1.807, 2.05) is 30.3 Å². The highest BCUT2D eigenvalue weighted by molar-refractivity contribution is 6.30. The monoisotopic (exact) mass is 346 g/mol. The standard InChI is InChI=1S/C18H23ClN4O/c1-3-23-9-5-8-15(23)12-20-18(24)17-11-16(21-22(17)2)13-6-4-7-14(19)10-13/h4,6-7,10-11,15H,3,5,8-9,12H2,1-2H3,(H,20,24). The predicted molar refractivity (Wildman–Crippen MR) is 96.3 cm³/mol. The molecule has 24 heavy (non-hydrogen) atoms. The number of aryl methyl sites for hydroxylation is 1. The van der Waals surface area contributed by atoms with Gasteiger partial charge in [0.05, 0.1) is 5.69 Å². The third kappa shape index (κ3) is 3.62. The number of hydrogen-bond acceptors (Lipinski definition) is 3. The minimum Gasteiger partial charge on any atom is -0.349 e. The van der Waals surface area contributed by atoms with Gasteiger partial charge in [-0.2, -0.15) is 5.10 Å². The average Bonchev–Trinajstić information content (AvgIpc) is 3.18. The molecule has 1 atom stereocenters. The number of likely N-dealkylation sites (N-methyl/N-ethyl adjacent to an activating group) is 1. The van der Waals surface area contributed by atoms with Crippen molar-refractivity contribution >= 4 is 17.5 Å². The molecule has 1 saturated heterocycles. The molecule has 2 heterocycles. The number of carbonyl (C=O) groups is 1. The van der Waals surface area contributed by atoms with Gasteiger partial charge >= 0.3 is 0 Å². The molecular formula is C18H23ClN4O. The lowest BCUT2D eigenvalue weighted by Crippen LogP contribution is -2.40. The number of aromatic nitrogens is 2. The van der Waals surface area contributed by atoms with Gasteiger partial charge in [0.2, 0.25) is 0 Å². The van der Waals surface area contributed by atoms with Crippen molar-refractivity contribution in [2.45, 2.75) is 25.8 Å². The molecule has 2 aromatic rings. The number of benzene rings is 1. The Hall–Kier alpha value is -1.85. The number of hydrogen-bond donors (Lipinski definition) is 1. The fraction of sp³-hybridized carbons (Fsp3) is 0.444. The lowest BCUT2D eigenvalue weighted by molar-refractivity contribution is 0.0932. The van der Waals surface area contributed by atoms with Crippen LogP contribution in [0.2, 0.25) is 5.02 Å². The van der Waals surface area contributed by atoms with Crippen LogP contribution in [0, 0.1) is 0 Å². The molecule has 1 amide bonds. The zero-order valence-corrected chi connectivity index (χ0v) is 14.9. The van der Waals surface area contributed by atoms with Crippen LogP contribution in [-0.2, 0) is 7.05 Å². The predicted octanol–water partition coefficient (Wildman–Crippen LogP) is 2.95. The van der Waals surface area contributed by atoms with Crippen molar-refractivity contribution in [3.63, 3.8) is 0 Å². The van der Waals surface area contributed by atoms with Crippen LogP contribution < -0.4 is 5.32 Å². The van der Waals surface area contributed by atoms with Crippen LogP contribution in [0.1, 0.15) is 30.3 Å². The van der Waals surface area contributed by atoms with Crippen LogP contribution >= 0.6 is 11.6 Å². The summed E-state index contributed by atoms with van der Waals surface area (Å²) >= 11 is 6.04. The quantitative estimate of drug-likeness (QED) is 0.905. The zero-order valence-electron chi connectivity index (χ0n) is 14.1. The molecule has 1 fully saturated rings. The second kappa shape index (κ2) is 7.36. The van der Waals surface area contributed by atoms with Crippen molar-refractivity contribution < 1.29 is 4.79 Å². The molecule has 0 aliphatic carbocycles. The molecule has 1 unspecified atom stereocenters. The lowest BCUT2D eigenvalue weighted by Gasteiger charge is -2.22. The van der Waals surface area contributed by atoms with Crippen molar-refractivity contribution in [2.75, 3.05) is 19.6 Å². The summed E-state index contributed by atoms with van der Waals surface area (Å²) in [7, 11) is 1.79. The second-order valence-electron chi connectivity index (χ2n) is 6.18. The van der Waals surface area contributed by atoms with Gasteiger partial charge in [0, 0.05) is 30.2 Å². The summed E-state index contributed by atoms with van der Waals surface area (Å²) in [6, 6.07) is 9.75. The number of carbonyl (C=O) groups excluding carboxylic acids is 1. The van der Waals surface area contributed by atoms with Crippen LogP contribution in [0.3, 0.4) is 0 Å². The Morgan fingerprint density at radius 1 is 1.42 bits per heavy atom. The van der Waals surface area contributed by atoms with E-state index in [-0.39, 0.29) is 5.91 Å². The Bertz CT molecular complexity index is 728. The molecule has 3 rings (SSSR count). The Labute approximate surface area is 147 Å². The number of rotatable bonds is 5. The van der Waals surface area contributed by atoms with Crippen LogP contribution in [0.4, 0.5) is 0 Å². The number of likely N-dealkylation sites (tertiary alicyclic amines) is 1. The van der Waals surface area contributed by atoms with E-state index >= 15 is 0 Å². The SMILES string of the molecule is CCN1CCCC1CNC(=O)c1cc(-c2cccc(Cl)c2)nn1C. The van der Waals surface area contributed by atoms with Crippen molar-refractivity contribution in [3.05, 3.63) is 41.0 Å². The van der Waals surface area contributed by atoms with Crippen LogP contribution in [0.25, 0.3) is 11.3 Å². The zero-order chi connectivity index (χ0) is 17.1. The van der Waals surface area contributed by atoms with Gasteiger partial charge in [-0.25, -0.2) is 0 Å². The highest BCUT2D eigenvalue weighted by Gasteiger charge is 2.24. The van der Waals surface area contributed by atoms with Gasteiger partial charge in [-0.15, -0.1) is 0 Å². The summed E-state index contributed by atoms with van der Waals surface area (Å²) in [4.78, 5) is 14.9. The topological polar surface area (TPSA) is 50.2 Å². The minimum atomic E-state index is -0.0822. The molecule has 1 N–H and O–H groups in total. The van der Waals surface area contributed by atoms with E-state index in [0.29, 0.717) is 23.3 Å². The molecule has 5 nitrogen and oxygen atoms in total. The molecule has 1 aliphatic heterocycles. The van der Waals surface area contributed by atoms with Crippen molar-refractivity contribution in [3.8, 4) is 11.3 Å². The molecular weight excluding hydrogens is 324 g/mol. The smallest absolute Gasteiger partial charge is 0.269 e. The average molecular weight is 347 g/mol. The minimum absolute atomic E-state index is 0.0822. The van der Waals surface area contributed by atoms with E-state index in [1.54, 1.807) is 11.7 Å². The van der Waals surface area contributed by atoms with E-state index < -0.39 is 0 Å².